The van der Waals surface area contributed by atoms with Gasteiger partial charge in [0, 0.05) is 18.6 Å². The van der Waals surface area contributed by atoms with Gasteiger partial charge in [0.2, 0.25) is 0 Å². The fourth-order valence-corrected chi connectivity index (χ4v) is 1.53. The zero-order valence-electron chi connectivity index (χ0n) is 7.77. The smallest absolute Gasteiger partial charge is 0.307 e. The summed E-state index contributed by atoms with van der Waals surface area (Å²) in [6, 6.07) is 5.57. The lowest BCUT2D eigenvalue weighted by Gasteiger charge is -1.96. The van der Waals surface area contributed by atoms with E-state index in [1.807, 2.05) is 25.4 Å². The standard InChI is InChI=1S/C10H10N2O2/c1-12-6-8-4-2-3-7(5-9(13)14)10(8)11-12/h2-4,6H,5H2,1H3,(H,13,14). The Labute approximate surface area is 80.8 Å². The monoisotopic (exact) mass is 190 g/mol. The van der Waals surface area contributed by atoms with Gasteiger partial charge in [-0.3, -0.25) is 9.48 Å². The molecule has 4 nitrogen and oxygen atoms in total. The molecule has 0 atom stereocenters. The van der Waals surface area contributed by atoms with Crippen LogP contribution in [0.3, 0.4) is 0 Å². The average molecular weight is 190 g/mol. The highest BCUT2D eigenvalue weighted by Crippen LogP contribution is 2.16. The first-order valence-electron chi connectivity index (χ1n) is 4.30. The highest BCUT2D eigenvalue weighted by molar-refractivity contribution is 5.85. The Bertz CT molecular complexity index is 488. The van der Waals surface area contributed by atoms with E-state index in [0.717, 1.165) is 16.5 Å². The van der Waals surface area contributed by atoms with Crippen LogP contribution in [0.4, 0.5) is 0 Å². The number of carboxylic acids is 1. The van der Waals surface area contributed by atoms with Crippen LogP contribution in [0.1, 0.15) is 5.56 Å². The van der Waals surface area contributed by atoms with Gasteiger partial charge in [-0.1, -0.05) is 18.2 Å². The molecule has 2 aromatic rings. The first-order chi connectivity index (χ1) is 6.66. The van der Waals surface area contributed by atoms with Gasteiger partial charge in [-0.15, -0.1) is 0 Å². The largest absolute Gasteiger partial charge is 0.481 e. The number of rotatable bonds is 2. The van der Waals surface area contributed by atoms with Crippen LogP contribution in [0.15, 0.2) is 24.4 Å². The molecule has 0 aliphatic rings. The molecule has 0 unspecified atom stereocenters. The molecule has 2 rings (SSSR count). The van der Waals surface area contributed by atoms with Crippen molar-refractivity contribution in [1.29, 1.82) is 0 Å². The van der Waals surface area contributed by atoms with Gasteiger partial charge in [0.25, 0.3) is 0 Å². The summed E-state index contributed by atoms with van der Waals surface area (Å²) >= 11 is 0. The minimum atomic E-state index is -0.830. The summed E-state index contributed by atoms with van der Waals surface area (Å²) in [6.45, 7) is 0. The van der Waals surface area contributed by atoms with Crippen molar-refractivity contribution >= 4 is 16.9 Å². The molecule has 0 saturated carbocycles. The van der Waals surface area contributed by atoms with Crippen LogP contribution in [-0.4, -0.2) is 20.9 Å². The molecule has 1 N–H and O–H groups in total. The predicted octanol–water partition coefficient (Wildman–Crippen LogP) is 1.20. The molecule has 4 heteroatoms. The van der Waals surface area contributed by atoms with E-state index in [0.29, 0.717) is 0 Å². The summed E-state index contributed by atoms with van der Waals surface area (Å²) in [5, 5.41) is 13.9. The van der Waals surface area contributed by atoms with E-state index in [9.17, 15) is 4.79 Å². The van der Waals surface area contributed by atoms with Gasteiger partial charge in [0.1, 0.15) is 0 Å². The average Bonchev–Trinajstić information content (AvgIpc) is 2.45. The van der Waals surface area contributed by atoms with Crippen LogP contribution < -0.4 is 0 Å². The Balaban J connectivity index is 2.58. The maximum atomic E-state index is 10.6. The first kappa shape index (κ1) is 8.74. The first-order valence-corrected chi connectivity index (χ1v) is 4.30. The molecule has 0 aliphatic carbocycles. The topological polar surface area (TPSA) is 55.1 Å². The van der Waals surface area contributed by atoms with Gasteiger partial charge in [-0.05, 0) is 5.56 Å². The van der Waals surface area contributed by atoms with Crippen LogP contribution in [0.2, 0.25) is 0 Å². The maximum Gasteiger partial charge on any atom is 0.307 e. The van der Waals surface area contributed by atoms with Gasteiger partial charge >= 0.3 is 5.97 Å². The van der Waals surface area contributed by atoms with Crippen molar-refractivity contribution in [2.45, 2.75) is 6.42 Å². The molecule has 1 heterocycles. The van der Waals surface area contributed by atoms with Gasteiger partial charge in [0.15, 0.2) is 0 Å². The molecule has 0 radical (unpaired) electrons. The van der Waals surface area contributed by atoms with E-state index < -0.39 is 5.97 Å². The number of carboxylic acid groups (broad SMARTS) is 1. The Morgan fingerprint density at radius 2 is 2.36 bits per heavy atom. The summed E-state index contributed by atoms with van der Waals surface area (Å²) in [4.78, 5) is 10.6. The van der Waals surface area contributed by atoms with Crippen LogP contribution in [-0.2, 0) is 18.3 Å². The van der Waals surface area contributed by atoms with Crippen molar-refractivity contribution in [3.05, 3.63) is 30.0 Å². The molecule has 0 fully saturated rings. The number of hydrogen-bond donors (Lipinski definition) is 1. The number of fused-ring (bicyclic) bond motifs is 1. The second kappa shape index (κ2) is 3.14. The number of aromatic nitrogens is 2. The van der Waals surface area contributed by atoms with Crippen molar-refractivity contribution in [3.63, 3.8) is 0 Å². The molecular weight excluding hydrogens is 180 g/mol. The Hall–Kier alpha value is -1.84. The Morgan fingerprint density at radius 3 is 3.07 bits per heavy atom. The van der Waals surface area contributed by atoms with Crippen molar-refractivity contribution < 1.29 is 9.90 Å². The lowest BCUT2D eigenvalue weighted by Crippen LogP contribution is -2.00. The fraction of sp³-hybridized carbons (Fsp3) is 0.200. The maximum absolute atomic E-state index is 10.6. The molecule has 14 heavy (non-hydrogen) atoms. The fourth-order valence-electron chi connectivity index (χ4n) is 1.53. The van der Waals surface area contributed by atoms with E-state index in [4.69, 9.17) is 5.11 Å². The molecular formula is C10H10N2O2. The van der Waals surface area contributed by atoms with Crippen LogP contribution >= 0.6 is 0 Å². The van der Waals surface area contributed by atoms with Crippen molar-refractivity contribution in [2.24, 2.45) is 7.05 Å². The normalized spacial score (nSPS) is 10.6. The van der Waals surface area contributed by atoms with Gasteiger partial charge in [-0.25, -0.2) is 0 Å². The van der Waals surface area contributed by atoms with E-state index in [1.54, 1.807) is 10.7 Å². The Kier molecular flexibility index (Phi) is 1.96. The zero-order chi connectivity index (χ0) is 10.1. The van der Waals surface area contributed by atoms with Gasteiger partial charge in [0.05, 0.1) is 11.9 Å². The van der Waals surface area contributed by atoms with Crippen molar-refractivity contribution in [2.75, 3.05) is 0 Å². The molecule has 0 amide bonds. The lowest BCUT2D eigenvalue weighted by atomic mass is 10.1. The second-order valence-corrected chi connectivity index (χ2v) is 3.23. The third kappa shape index (κ3) is 1.46. The summed E-state index contributed by atoms with van der Waals surface area (Å²) in [6.07, 6.45) is 1.90. The van der Waals surface area contributed by atoms with Crippen LogP contribution in [0.25, 0.3) is 10.9 Å². The molecule has 1 aromatic carbocycles. The molecule has 72 valence electrons. The lowest BCUT2D eigenvalue weighted by molar-refractivity contribution is -0.136. The van der Waals surface area contributed by atoms with Crippen molar-refractivity contribution in [1.82, 2.24) is 9.78 Å². The van der Waals surface area contributed by atoms with E-state index in [2.05, 4.69) is 5.10 Å². The van der Waals surface area contributed by atoms with E-state index >= 15 is 0 Å². The van der Waals surface area contributed by atoms with Gasteiger partial charge < -0.3 is 5.11 Å². The number of nitrogens with zero attached hydrogens (tertiary/aromatic N) is 2. The van der Waals surface area contributed by atoms with Gasteiger partial charge in [-0.2, -0.15) is 5.10 Å². The highest BCUT2D eigenvalue weighted by Gasteiger charge is 2.07. The molecule has 0 aliphatic heterocycles. The number of aliphatic carboxylic acids is 1. The number of benzene rings is 1. The third-order valence-corrected chi connectivity index (χ3v) is 2.08. The molecule has 1 aromatic heterocycles. The SMILES string of the molecule is Cn1cc2cccc(CC(=O)O)c2n1. The predicted molar refractivity (Wildman–Crippen MR) is 52.1 cm³/mol. The summed E-state index contributed by atoms with van der Waals surface area (Å²) in [7, 11) is 1.82. The number of hydrogen-bond acceptors (Lipinski definition) is 2. The Morgan fingerprint density at radius 1 is 1.57 bits per heavy atom. The number of carbonyl (C=O) groups is 1. The zero-order valence-corrected chi connectivity index (χ0v) is 7.77. The number of aryl methyl sites for hydroxylation is 1. The minimum absolute atomic E-state index is 0.0222. The minimum Gasteiger partial charge on any atom is -0.481 e. The summed E-state index contributed by atoms with van der Waals surface area (Å²) < 4.78 is 1.69. The molecule has 0 spiro atoms. The summed E-state index contributed by atoms with van der Waals surface area (Å²) in [5.41, 5.74) is 1.54. The third-order valence-electron chi connectivity index (χ3n) is 2.08. The molecule has 0 saturated heterocycles. The van der Waals surface area contributed by atoms with E-state index in [1.165, 1.54) is 0 Å². The quantitative estimate of drug-likeness (QED) is 0.774. The summed E-state index contributed by atoms with van der Waals surface area (Å²) in [5.74, 6) is -0.830. The van der Waals surface area contributed by atoms with Crippen LogP contribution in [0.5, 0.6) is 0 Å². The van der Waals surface area contributed by atoms with E-state index in [-0.39, 0.29) is 6.42 Å². The highest BCUT2D eigenvalue weighted by atomic mass is 16.4. The molecule has 0 bridgehead atoms. The van der Waals surface area contributed by atoms with Crippen LogP contribution in [0, 0.1) is 0 Å². The second-order valence-electron chi connectivity index (χ2n) is 3.23. The van der Waals surface area contributed by atoms with Crippen molar-refractivity contribution in [3.8, 4) is 0 Å².